The van der Waals surface area contributed by atoms with Gasteiger partial charge in [-0.2, -0.15) is 8.42 Å². The highest BCUT2D eigenvalue weighted by atomic mass is 35.5. The fraction of sp³-hybridized carbons (Fsp3) is 0.455. The molecule has 15 heavy (non-hydrogen) atoms. The van der Waals surface area contributed by atoms with Crippen LogP contribution in [0.4, 0.5) is 0 Å². The zero-order chi connectivity index (χ0) is 12.1. The smallest absolute Gasteiger partial charge is 0.168 e. The first-order valence-corrected chi connectivity index (χ1v) is 5.55. The molecule has 4 heteroatoms. The molecule has 0 saturated carbocycles. The van der Waals surface area contributed by atoms with Gasteiger partial charge in [0.25, 0.3) is 0 Å². The second-order valence-corrected chi connectivity index (χ2v) is 4.85. The molecule has 1 aromatic carbocycles. The van der Waals surface area contributed by atoms with Crippen LogP contribution in [0.1, 0.15) is 31.9 Å². The molecule has 1 aromatic rings. The highest BCUT2D eigenvalue weighted by Gasteiger charge is 2.15. The second-order valence-electron chi connectivity index (χ2n) is 4.28. The van der Waals surface area contributed by atoms with Crippen LogP contribution in [0, 0.1) is 6.92 Å². The van der Waals surface area contributed by atoms with Gasteiger partial charge in [0.1, 0.15) is 0 Å². The third-order valence-corrected chi connectivity index (χ3v) is 2.23. The third kappa shape index (κ3) is 5.09. The van der Waals surface area contributed by atoms with Gasteiger partial charge in [-0.25, -0.2) is 0 Å². The van der Waals surface area contributed by atoms with Gasteiger partial charge in [-0.05, 0) is 35.6 Å². The Kier molecular flexibility index (Phi) is 5.76. The van der Waals surface area contributed by atoms with Crippen molar-refractivity contribution in [2.75, 3.05) is 0 Å². The first-order valence-electron chi connectivity index (χ1n) is 4.51. The maximum atomic E-state index is 8.29. The van der Waals surface area contributed by atoms with Crippen molar-refractivity contribution in [3.8, 4) is 0 Å². The molecule has 84 valence electrons. The van der Waals surface area contributed by atoms with Crippen LogP contribution in [0.3, 0.4) is 0 Å². The van der Waals surface area contributed by atoms with Gasteiger partial charge in [0, 0.05) is 5.02 Å². The molecule has 0 atom stereocenters. The van der Waals surface area contributed by atoms with Gasteiger partial charge in [0.2, 0.25) is 0 Å². The average Bonchev–Trinajstić information content (AvgIpc) is 2.02. The quantitative estimate of drug-likeness (QED) is 0.704. The summed E-state index contributed by atoms with van der Waals surface area (Å²) in [4.78, 5) is 0. The number of benzene rings is 1. The van der Waals surface area contributed by atoms with Gasteiger partial charge < -0.3 is 0 Å². The van der Waals surface area contributed by atoms with Gasteiger partial charge in [-0.1, -0.05) is 38.4 Å². The highest BCUT2D eigenvalue weighted by Crippen LogP contribution is 2.27. The zero-order valence-electron chi connectivity index (χ0n) is 9.33. The second kappa shape index (κ2) is 6.03. The average molecular weight is 247 g/mol. The number of aryl methyl sites for hydroxylation is 1. The van der Waals surface area contributed by atoms with Crippen molar-refractivity contribution in [3.05, 3.63) is 34.3 Å². The number of hydrogen-bond donors (Lipinski definition) is 0. The molecule has 0 spiro atoms. The summed E-state index contributed by atoms with van der Waals surface area (Å²) in [5.41, 5.74) is 2.86. The van der Waals surface area contributed by atoms with E-state index in [4.69, 9.17) is 20.0 Å². The molecule has 1 rings (SSSR count). The van der Waals surface area contributed by atoms with Crippen LogP contribution in [-0.2, 0) is 17.0 Å². The summed E-state index contributed by atoms with van der Waals surface area (Å²) in [5, 5.41) is 0.820. The summed E-state index contributed by atoms with van der Waals surface area (Å²) in [6.45, 7) is 8.74. The monoisotopic (exact) mass is 246 g/mol. The molecular formula is C11H15ClO2S. The van der Waals surface area contributed by atoms with Crippen LogP contribution < -0.4 is 0 Å². The number of rotatable bonds is 0. The largest absolute Gasteiger partial charge is 0.335 e. The van der Waals surface area contributed by atoms with Crippen molar-refractivity contribution in [2.45, 2.75) is 33.1 Å². The Morgan fingerprint density at radius 1 is 1.20 bits per heavy atom. The van der Waals surface area contributed by atoms with E-state index in [1.54, 1.807) is 0 Å². The lowest BCUT2D eigenvalue weighted by Crippen LogP contribution is -2.12. The third-order valence-electron chi connectivity index (χ3n) is 2.00. The Hall–Kier alpha value is -0.670. The van der Waals surface area contributed by atoms with Gasteiger partial charge >= 0.3 is 11.6 Å². The minimum Gasteiger partial charge on any atom is -0.168 e. The van der Waals surface area contributed by atoms with Gasteiger partial charge in [-0.15, -0.1) is 0 Å². The van der Waals surface area contributed by atoms with E-state index in [9.17, 15) is 0 Å². The molecule has 0 radical (unpaired) electrons. The Morgan fingerprint density at radius 3 is 2.00 bits per heavy atom. The van der Waals surface area contributed by atoms with Crippen molar-refractivity contribution in [1.29, 1.82) is 0 Å². The first kappa shape index (κ1) is 14.3. The summed E-state index contributed by atoms with van der Waals surface area (Å²) in [6.07, 6.45) is 0. The van der Waals surface area contributed by atoms with Crippen LogP contribution in [0.5, 0.6) is 0 Å². The predicted octanol–water partition coefficient (Wildman–Crippen LogP) is 3.28. The molecule has 0 bridgehead atoms. The SMILES string of the molecule is Cc1cc(Cl)ccc1C(C)(C)C.O=S=O. The maximum absolute atomic E-state index is 8.29. The van der Waals surface area contributed by atoms with Gasteiger partial charge in [0.15, 0.2) is 0 Å². The Labute approximate surface area is 99.3 Å². The number of halogens is 1. The minimum absolute atomic E-state index is 0.217. The minimum atomic E-state index is -0.750. The lowest BCUT2D eigenvalue weighted by molar-refractivity contribution is 0.586. The molecule has 0 unspecified atom stereocenters. The van der Waals surface area contributed by atoms with Gasteiger partial charge in [0.05, 0.1) is 0 Å². The van der Waals surface area contributed by atoms with E-state index in [1.807, 2.05) is 12.1 Å². The zero-order valence-corrected chi connectivity index (χ0v) is 10.9. The molecule has 0 aliphatic carbocycles. The molecular weight excluding hydrogens is 232 g/mol. The van der Waals surface area contributed by atoms with E-state index in [0.29, 0.717) is 0 Å². The van der Waals surface area contributed by atoms with E-state index < -0.39 is 11.6 Å². The van der Waals surface area contributed by atoms with Crippen molar-refractivity contribution < 1.29 is 8.42 Å². The van der Waals surface area contributed by atoms with E-state index in [1.165, 1.54) is 11.1 Å². The molecule has 0 N–H and O–H groups in total. The Morgan fingerprint density at radius 2 is 1.67 bits per heavy atom. The van der Waals surface area contributed by atoms with Crippen molar-refractivity contribution in [2.24, 2.45) is 0 Å². The maximum Gasteiger partial charge on any atom is 0.335 e. The fourth-order valence-corrected chi connectivity index (χ4v) is 1.70. The fourth-order valence-electron chi connectivity index (χ4n) is 1.47. The molecule has 0 amide bonds. The normalized spacial score (nSPS) is 10.2. The summed E-state index contributed by atoms with van der Waals surface area (Å²) in [7, 11) is 0. The topological polar surface area (TPSA) is 34.1 Å². The Balaban J connectivity index is 0.000000583. The summed E-state index contributed by atoms with van der Waals surface area (Å²) in [5.74, 6) is 0. The predicted molar refractivity (Wildman–Crippen MR) is 63.8 cm³/mol. The van der Waals surface area contributed by atoms with E-state index in [0.717, 1.165) is 5.02 Å². The molecule has 0 heterocycles. The lowest BCUT2D eigenvalue weighted by atomic mass is 9.84. The first-order chi connectivity index (χ1) is 6.82. The van der Waals surface area contributed by atoms with E-state index in [-0.39, 0.29) is 5.41 Å². The molecule has 0 saturated heterocycles. The standard InChI is InChI=1S/C11H15Cl.O2S/c1-8-7-9(12)5-6-10(8)11(2,3)4;1-3-2/h5-7H,1-4H3;. The number of hydrogen-bond acceptors (Lipinski definition) is 2. The molecule has 0 aliphatic heterocycles. The van der Waals surface area contributed by atoms with Crippen molar-refractivity contribution >= 4 is 23.2 Å². The van der Waals surface area contributed by atoms with Crippen molar-refractivity contribution in [3.63, 3.8) is 0 Å². The lowest BCUT2D eigenvalue weighted by Gasteiger charge is -2.21. The molecule has 0 aliphatic rings. The van der Waals surface area contributed by atoms with Crippen LogP contribution in [0.2, 0.25) is 5.02 Å². The Bertz CT molecular complexity index is 363. The summed E-state index contributed by atoms with van der Waals surface area (Å²) >= 11 is 5.12. The molecule has 0 aromatic heterocycles. The van der Waals surface area contributed by atoms with Crippen LogP contribution in [-0.4, -0.2) is 8.42 Å². The summed E-state index contributed by atoms with van der Waals surface area (Å²) in [6, 6.07) is 6.08. The van der Waals surface area contributed by atoms with E-state index in [2.05, 4.69) is 33.8 Å². The molecule has 0 fully saturated rings. The van der Waals surface area contributed by atoms with Gasteiger partial charge in [-0.3, -0.25) is 0 Å². The van der Waals surface area contributed by atoms with Crippen LogP contribution in [0.15, 0.2) is 18.2 Å². The van der Waals surface area contributed by atoms with Crippen LogP contribution in [0.25, 0.3) is 0 Å². The highest BCUT2D eigenvalue weighted by molar-refractivity contribution is 7.51. The van der Waals surface area contributed by atoms with Crippen LogP contribution >= 0.6 is 11.6 Å². The van der Waals surface area contributed by atoms with E-state index >= 15 is 0 Å². The summed E-state index contributed by atoms with van der Waals surface area (Å²) < 4.78 is 16.6. The van der Waals surface area contributed by atoms with Crippen molar-refractivity contribution in [1.82, 2.24) is 0 Å². The molecule has 2 nitrogen and oxygen atoms in total.